The van der Waals surface area contributed by atoms with Gasteiger partial charge in [0.25, 0.3) is 0 Å². The van der Waals surface area contributed by atoms with Crippen LogP contribution in [-0.2, 0) is 11.8 Å². The van der Waals surface area contributed by atoms with Crippen molar-refractivity contribution < 1.29 is 9.84 Å². The summed E-state index contributed by atoms with van der Waals surface area (Å²) in [5, 5.41) is 13.5. The normalized spacial score (nSPS) is 13.2. The molecule has 0 bridgehead atoms. The average Bonchev–Trinajstić information content (AvgIpc) is 2.47. The lowest BCUT2D eigenvalue weighted by atomic mass is 10.3. The van der Waals surface area contributed by atoms with Crippen molar-refractivity contribution in [2.24, 2.45) is 7.05 Å². The molecule has 1 heterocycles. The van der Waals surface area contributed by atoms with E-state index in [-0.39, 0.29) is 0 Å². The summed E-state index contributed by atoms with van der Waals surface area (Å²) in [7, 11) is 1.80. The summed E-state index contributed by atoms with van der Waals surface area (Å²) in [5.41, 5.74) is 0.781. The van der Waals surface area contributed by atoms with Crippen LogP contribution in [0.25, 0.3) is 0 Å². The smallest absolute Gasteiger partial charge is 0.119 e. The van der Waals surface area contributed by atoms with Gasteiger partial charge in [-0.1, -0.05) is 0 Å². The first-order valence-electron chi connectivity index (χ1n) is 3.99. The topological polar surface area (TPSA) is 47.3 Å². The molecule has 4 nitrogen and oxygen atoms in total. The van der Waals surface area contributed by atoms with Crippen molar-refractivity contribution in [2.75, 3.05) is 13.2 Å². The monoisotopic (exact) mass is 170 g/mol. The van der Waals surface area contributed by atoms with Crippen molar-refractivity contribution in [1.29, 1.82) is 0 Å². The quantitative estimate of drug-likeness (QED) is 0.715. The van der Waals surface area contributed by atoms with Crippen molar-refractivity contribution in [3.63, 3.8) is 0 Å². The maximum atomic E-state index is 9.54. The molecule has 4 heteroatoms. The first-order valence-corrected chi connectivity index (χ1v) is 3.99. The lowest BCUT2D eigenvalue weighted by Crippen LogP contribution is -2.11. The standard InChI is InChI=1S/C8H14N2O2/c1-3-12-6-8(11)7-4-5-9-10(7)2/h4-5,8,11H,3,6H2,1-2H3. The molecule has 0 aromatic carbocycles. The van der Waals surface area contributed by atoms with E-state index in [0.29, 0.717) is 13.2 Å². The molecule has 1 unspecified atom stereocenters. The highest BCUT2D eigenvalue weighted by molar-refractivity contribution is 5.03. The summed E-state index contributed by atoms with van der Waals surface area (Å²) >= 11 is 0. The van der Waals surface area contributed by atoms with E-state index in [4.69, 9.17) is 4.74 Å². The fraction of sp³-hybridized carbons (Fsp3) is 0.625. The summed E-state index contributed by atoms with van der Waals surface area (Å²) < 4.78 is 6.73. The molecule has 1 atom stereocenters. The molecule has 0 amide bonds. The summed E-state index contributed by atoms with van der Waals surface area (Å²) in [5.74, 6) is 0. The second-order valence-corrected chi connectivity index (χ2v) is 2.55. The van der Waals surface area contributed by atoms with Crippen LogP contribution in [0.1, 0.15) is 18.7 Å². The Morgan fingerprint density at radius 2 is 2.50 bits per heavy atom. The van der Waals surface area contributed by atoms with Gasteiger partial charge >= 0.3 is 0 Å². The largest absolute Gasteiger partial charge is 0.384 e. The molecule has 1 rings (SSSR count). The Morgan fingerprint density at radius 3 is 3.00 bits per heavy atom. The second kappa shape index (κ2) is 4.23. The molecule has 0 spiro atoms. The molecular formula is C8H14N2O2. The van der Waals surface area contributed by atoms with Gasteiger partial charge < -0.3 is 9.84 Å². The Kier molecular flexibility index (Phi) is 3.25. The van der Waals surface area contributed by atoms with Crippen LogP contribution in [0.2, 0.25) is 0 Å². The zero-order valence-corrected chi connectivity index (χ0v) is 7.40. The number of nitrogens with zero attached hydrogens (tertiary/aromatic N) is 2. The highest BCUT2D eigenvalue weighted by Gasteiger charge is 2.10. The van der Waals surface area contributed by atoms with E-state index in [2.05, 4.69) is 5.10 Å². The molecule has 0 fully saturated rings. The van der Waals surface area contributed by atoms with Gasteiger partial charge in [-0.3, -0.25) is 4.68 Å². The zero-order chi connectivity index (χ0) is 8.97. The van der Waals surface area contributed by atoms with Crippen molar-refractivity contribution in [3.8, 4) is 0 Å². The van der Waals surface area contributed by atoms with Crippen LogP contribution >= 0.6 is 0 Å². The van der Waals surface area contributed by atoms with Crippen molar-refractivity contribution in [2.45, 2.75) is 13.0 Å². The van der Waals surface area contributed by atoms with Crippen LogP contribution in [0.4, 0.5) is 0 Å². The van der Waals surface area contributed by atoms with Gasteiger partial charge in [0.05, 0.1) is 12.3 Å². The number of hydrogen-bond acceptors (Lipinski definition) is 3. The highest BCUT2D eigenvalue weighted by atomic mass is 16.5. The molecule has 1 aromatic rings. The van der Waals surface area contributed by atoms with Crippen LogP contribution in [-0.4, -0.2) is 28.1 Å². The van der Waals surface area contributed by atoms with Gasteiger partial charge in [0.15, 0.2) is 0 Å². The van der Waals surface area contributed by atoms with Gasteiger partial charge in [0.1, 0.15) is 6.10 Å². The van der Waals surface area contributed by atoms with Crippen LogP contribution < -0.4 is 0 Å². The fourth-order valence-corrected chi connectivity index (χ4v) is 1.03. The number of rotatable bonds is 4. The Labute approximate surface area is 71.8 Å². The molecule has 0 aliphatic rings. The van der Waals surface area contributed by atoms with Gasteiger partial charge in [0.2, 0.25) is 0 Å². The minimum Gasteiger partial charge on any atom is -0.384 e. The maximum absolute atomic E-state index is 9.54. The second-order valence-electron chi connectivity index (χ2n) is 2.55. The number of aliphatic hydroxyl groups excluding tert-OH is 1. The van der Waals surface area contributed by atoms with Crippen LogP contribution in [0.3, 0.4) is 0 Å². The molecule has 0 aliphatic carbocycles. The van der Waals surface area contributed by atoms with Crippen LogP contribution in [0.5, 0.6) is 0 Å². The maximum Gasteiger partial charge on any atom is 0.119 e. The number of hydrogen-bond donors (Lipinski definition) is 1. The van der Waals surface area contributed by atoms with E-state index in [1.807, 2.05) is 6.92 Å². The minimum absolute atomic E-state index is 0.329. The molecule has 0 saturated carbocycles. The number of ether oxygens (including phenoxy) is 1. The third-order valence-electron chi connectivity index (χ3n) is 1.68. The van der Waals surface area contributed by atoms with Crippen molar-refractivity contribution in [1.82, 2.24) is 9.78 Å². The number of aliphatic hydroxyl groups is 1. The Balaban J connectivity index is 2.52. The summed E-state index contributed by atoms with van der Waals surface area (Å²) in [6, 6.07) is 1.78. The van der Waals surface area contributed by atoms with E-state index in [1.165, 1.54) is 0 Å². The fourth-order valence-electron chi connectivity index (χ4n) is 1.03. The lowest BCUT2D eigenvalue weighted by Gasteiger charge is -2.09. The Hall–Kier alpha value is -0.870. The molecule has 1 N–H and O–H groups in total. The molecule has 0 aliphatic heterocycles. The third-order valence-corrected chi connectivity index (χ3v) is 1.68. The molecule has 0 saturated heterocycles. The Morgan fingerprint density at radius 1 is 1.75 bits per heavy atom. The number of aryl methyl sites for hydroxylation is 1. The summed E-state index contributed by atoms with van der Waals surface area (Å²) in [6.45, 7) is 2.85. The molecule has 0 radical (unpaired) electrons. The van der Waals surface area contributed by atoms with E-state index >= 15 is 0 Å². The predicted octanol–water partition coefficient (Wildman–Crippen LogP) is 0.490. The third kappa shape index (κ3) is 2.06. The van der Waals surface area contributed by atoms with Crippen molar-refractivity contribution >= 4 is 0 Å². The lowest BCUT2D eigenvalue weighted by molar-refractivity contribution is 0.0377. The van der Waals surface area contributed by atoms with E-state index in [1.54, 1.807) is 24.0 Å². The SMILES string of the molecule is CCOCC(O)c1ccnn1C. The van der Waals surface area contributed by atoms with Crippen LogP contribution in [0, 0.1) is 0 Å². The van der Waals surface area contributed by atoms with Crippen molar-refractivity contribution in [3.05, 3.63) is 18.0 Å². The number of aromatic nitrogens is 2. The molecule has 68 valence electrons. The van der Waals surface area contributed by atoms with Gasteiger partial charge in [-0.05, 0) is 13.0 Å². The molecule has 12 heavy (non-hydrogen) atoms. The zero-order valence-electron chi connectivity index (χ0n) is 7.40. The van der Waals surface area contributed by atoms with E-state index in [9.17, 15) is 5.11 Å². The predicted molar refractivity (Wildman–Crippen MR) is 44.7 cm³/mol. The average molecular weight is 170 g/mol. The van der Waals surface area contributed by atoms with Gasteiger partial charge in [-0.2, -0.15) is 5.10 Å². The highest BCUT2D eigenvalue weighted by Crippen LogP contribution is 2.10. The van der Waals surface area contributed by atoms with E-state index in [0.717, 1.165) is 5.69 Å². The summed E-state index contributed by atoms with van der Waals surface area (Å²) in [6.07, 6.45) is 1.09. The molecule has 1 aromatic heterocycles. The first-order chi connectivity index (χ1) is 5.75. The van der Waals surface area contributed by atoms with Gasteiger partial charge in [-0.25, -0.2) is 0 Å². The van der Waals surface area contributed by atoms with Gasteiger partial charge in [0, 0.05) is 19.9 Å². The van der Waals surface area contributed by atoms with Crippen LogP contribution in [0.15, 0.2) is 12.3 Å². The van der Waals surface area contributed by atoms with E-state index < -0.39 is 6.10 Å². The first kappa shape index (κ1) is 9.22. The Bertz CT molecular complexity index is 235. The molecular weight excluding hydrogens is 156 g/mol. The minimum atomic E-state index is -0.572. The summed E-state index contributed by atoms with van der Waals surface area (Å²) in [4.78, 5) is 0. The van der Waals surface area contributed by atoms with Gasteiger partial charge in [-0.15, -0.1) is 0 Å².